The number of hydrogen-bond donors (Lipinski definition) is 2. The first-order valence-electron chi connectivity index (χ1n) is 6.98. The van der Waals surface area contributed by atoms with E-state index in [2.05, 4.69) is 10.6 Å². The maximum Gasteiger partial charge on any atom is 0.319 e. The predicted molar refractivity (Wildman–Crippen MR) is 86.6 cm³/mol. The number of hydrogen-bond acceptors (Lipinski definition) is 3. The standard InChI is InChI=1S/C17H20N2O3/c1-12(13-7-5-4-6-8-13)18-17(20)19-15-10-9-14(21-2)11-16(15)22-3/h4-12H,1-3H3,(H2,18,19,20). The van der Waals surface area contributed by atoms with Crippen LogP contribution in [-0.2, 0) is 0 Å². The van der Waals surface area contributed by atoms with Crippen LogP contribution >= 0.6 is 0 Å². The molecule has 0 fully saturated rings. The zero-order valence-corrected chi connectivity index (χ0v) is 12.9. The van der Waals surface area contributed by atoms with Crippen LogP contribution in [0.3, 0.4) is 0 Å². The molecule has 1 atom stereocenters. The molecule has 0 saturated heterocycles. The fraction of sp³-hybridized carbons (Fsp3) is 0.235. The number of benzene rings is 2. The largest absolute Gasteiger partial charge is 0.497 e. The van der Waals surface area contributed by atoms with Crippen LogP contribution in [0.4, 0.5) is 10.5 Å². The van der Waals surface area contributed by atoms with E-state index in [9.17, 15) is 4.79 Å². The topological polar surface area (TPSA) is 59.6 Å². The molecule has 0 saturated carbocycles. The third-order valence-electron chi connectivity index (χ3n) is 3.30. The van der Waals surface area contributed by atoms with Gasteiger partial charge in [-0.15, -0.1) is 0 Å². The summed E-state index contributed by atoms with van der Waals surface area (Å²) in [5, 5.41) is 5.67. The average molecular weight is 300 g/mol. The van der Waals surface area contributed by atoms with Gasteiger partial charge in [0.1, 0.15) is 11.5 Å². The molecule has 0 spiro atoms. The van der Waals surface area contributed by atoms with Crippen molar-refractivity contribution in [1.82, 2.24) is 5.32 Å². The molecule has 2 aromatic rings. The van der Waals surface area contributed by atoms with Gasteiger partial charge in [-0.05, 0) is 24.6 Å². The molecule has 116 valence electrons. The van der Waals surface area contributed by atoms with Gasteiger partial charge in [0, 0.05) is 6.07 Å². The highest BCUT2D eigenvalue weighted by Gasteiger charge is 2.12. The molecule has 0 aliphatic rings. The Morgan fingerprint density at radius 1 is 1.05 bits per heavy atom. The number of carbonyl (C=O) groups is 1. The summed E-state index contributed by atoms with van der Waals surface area (Å²) in [5.41, 5.74) is 1.63. The summed E-state index contributed by atoms with van der Waals surface area (Å²) in [6.07, 6.45) is 0. The minimum Gasteiger partial charge on any atom is -0.497 e. The summed E-state index contributed by atoms with van der Waals surface area (Å²) in [6, 6.07) is 14.6. The first kappa shape index (κ1) is 15.7. The van der Waals surface area contributed by atoms with Gasteiger partial charge in [0.05, 0.1) is 25.9 Å². The van der Waals surface area contributed by atoms with Crippen molar-refractivity contribution in [2.45, 2.75) is 13.0 Å². The second-order valence-electron chi connectivity index (χ2n) is 4.80. The Morgan fingerprint density at radius 3 is 2.41 bits per heavy atom. The molecular formula is C17H20N2O3. The minimum atomic E-state index is -0.292. The Bertz CT molecular complexity index is 629. The van der Waals surface area contributed by atoms with E-state index in [1.807, 2.05) is 37.3 Å². The van der Waals surface area contributed by atoms with Crippen LogP contribution in [0, 0.1) is 0 Å². The Kier molecular flexibility index (Phi) is 5.25. The number of nitrogens with one attached hydrogen (secondary N) is 2. The molecule has 2 aromatic carbocycles. The van der Waals surface area contributed by atoms with Gasteiger partial charge in [-0.25, -0.2) is 4.79 Å². The second-order valence-corrected chi connectivity index (χ2v) is 4.80. The van der Waals surface area contributed by atoms with E-state index in [-0.39, 0.29) is 12.1 Å². The summed E-state index contributed by atoms with van der Waals surface area (Å²) in [7, 11) is 3.13. The van der Waals surface area contributed by atoms with Crippen molar-refractivity contribution >= 4 is 11.7 Å². The van der Waals surface area contributed by atoms with Gasteiger partial charge in [-0.1, -0.05) is 30.3 Å². The summed E-state index contributed by atoms with van der Waals surface area (Å²) >= 11 is 0. The molecule has 2 amide bonds. The van der Waals surface area contributed by atoms with Crippen LogP contribution < -0.4 is 20.1 Å². The van der Waals surface area contributed by atoms with E-state index in [1.54, 1.807) is 32.4 Å². The summed E-state index contributed by atoms with van der Waals surface area (Å²) in [5.74, 6) is 1.21. The van der Waals surface area contributed by atoms with Gasteiger partial charge in [0.25, 0.3) is 0 Å². The highest BCUT2D eigenvalue weighted by Crippen LogP contribution is 2.29. The second kappa shape index (κ2) is 7.36. The fourth-order valence-electron chi connectivity index (χ4n) is 2.08. The lowest BCUT2D eigenvalue weighted by Crippen LogP contribution is -2.31. The van der Waals surface area contributed by atoms with Crippen molar-refractivity contribution in [3.63, 3.8) is 0 Å². The van der Waals surface area contributed by atoms with Crippen LogP contribution in [0.1, 0.15) is 18.5 Å². The van der Waals surface area contributed by atoms with Gasteiger partial charge >= 0.3 is 6.03 Å². The van der Waals surface area contributed by atoms with Gasteiger partial charge in [-0.3, -0.25) is 0 Å². The van der Waals surface area contributed by atoms with Gasteiger partial charge in [0.15, 0.2) is 0 Å². The summed E-state index contributed by atoms with van der Waals surface area (Å²) in [6.45, 7) is 1.93. The number of carbonyl (C=O) groups excluding carboxylic acids is 1. The number of amides is 2. The van der Waals surface area contributed by atoms with Gasteiger partial charge in [-0.2, -0.15) is 0 Å². The highest BCUT2D eigenvalue weighted by molar-refractivity contribution is 5.91. The van der Waals surface area contributed by atoms with E-state index in [0.717, 1.165) is 5.56 Å². The van der Waals surface area contributed by atoms with E-state index in [4.69, 9.17) is 9.47 Å². The third-order valence-corrected chi connectivity index (χ3v) is 3.30. The Morgan fingerprint density at radius 2 is 1.77 bits per heavy atom. The average Bonchev–Trinajstić information content (AvgIpc) is 2.55. The first-order valence-corrected chi connectivity index (χ1v) is 6.98. The lowest BCUT2D eigenvalue weighted by atomic mass is 10.1. The highest BCUT2D eigenvalue weighted by atomic mass is 16.5. The molecule has 0 aliphatic heterocycles. The van der Waals surface area contributed by atoms with E-state index in [1.165, 1.54) is 0 Å². The van der Waals surface area contributed by atoms with Crippen LogP contribution in [0.5, 0.6) is 11.5 Å². The molecular weight excluding hydrogens is 280 g/mol. The Balaban J connectivity index is 2.03. The van der Waals surface area contributed by atoms with Crippen molar-refractivity contribution in [3.05, 3.63) is 54.1 Å². The number of rotatable bonds is 5. The summed E-state index contributed by atoms with van der Waals surface area (Å²) in [4.78, 5) is 12.1. The van der Waals surface area contributed by atoms with Crippen LogP contribution in [0.15, 0.2) is 48.5 Å². The van der Waals surface area contributed by atoms with E-state index >= 15 is 0 Å². The monoisotopic (exact) mass is 300 g/mol. The molecule has 0 aromatic heterocycles. The lowest BCUT2D eigenvalue weighted by Gasteiger charge is -2.16. The summed E-state index contributed by atoms with van der Waals surface area (Å²) < 4.78 is 10.4. The van der Waals surface area contributed by atoms with Crippen molar-refractivity contribution in [2.24, 2.45) is 0 Å². The molecule has 2 N–H and O–H groups in total. The molecule has 5 heteroatoms. The van der Waals surface area contributed by atoms with Crippen molar-refractivity contribution in [2.75, 3.05) is 19.5 Å². The normalized spacial score (nSPS) is 11.4. The molecule has 0 heterocycles. The van der Waals surface area contributed by atoms with Crippen LogP contribution in [0.25, 0.3) is 0 Å². The van der Waals surface area contributed by atoms with E-state index < -0.39 is 0 Å². The lowest BCUT2D eigenvalue weighted by molar-refractivity contribution is 0.249. The Hall–Kier alpha value is -2.69. The fourth-order valence-corrected chi connectivity index (χ4v) is 2.08. The quantitative estimate of drug-likeness (QED) is 0.887. The molecule has 1 unspecified atom stereocenters. The molecule has 22 heavy (non-hydrogen) atoms. The molecule has 5 nitrogen and oxygen atoms in total. The predicted octanol–water partition coefficient (Wildman–Crippen LogP) is 3.59. The molecule has 0 aliphatic carbocycles. The van der Waals surface area contributed by atoms with Gasteiger partial charge in [0.2, 0.25) is 0 Å². The van der Waals surface area contributed by atoms with Crippen LogP contribution in [0.2, 0.25) is 0 Å². The van der Waals surface area contributed by atoms with E-state index in [0.29, 0.717) is 17.2 Å². The Labute approximate surface area is 130 Å². The molecule has 0 radical (unpaired) electrons. The van der Waals surface area contributed by atoms with Crippen LogP contribution in [-0.4, -0.2) is 20.3 Å². The van der Waals surface area contributed by atoms with Crippen molar-refractivity contribution in [1.29, 1.82) is 0 Å². The number of ether oxygens (including phenoxy) is 2. The third kappa shape index (κ3) is 3.91. The van der Waals surface area contributed by atoms with Crippen molar-refractivity contribution in [3.8, 4) is 11.5 Å². The maximum atomic E-state index is 12.1. The molecule has 0 bridgehead atoms. The zero-order valence-electron chi connectivity index (χ0n) is 12.9. The number of methoxy groups -OCH3 is 2. The smallest absolute Gasteiger partial charge is 0.319 e. The van der Waals surface area contributed by atoms with Gasteiger partial charge < -0.3 is 20.1 Å². The molecule has 2 rings (SSSR count). The van der Waals surface area contributed by atoms with Crippen molar-refractivity contribution < 1.29 is 14.3 Å². The number of anilines is 1. The first-order chi connectivity index (χ1) is 10.6. The maximum absolute atomic E-state index is 12.1. The minimum absolute atomic E-state index is 0.0922. The SMILES string of the molecule is COc1ccc(NC(=O)NC(C)c2ccccc2)c(OC)c1. The number of urea groups is 1. The zero-order chi connectivity index (χ0) is 15.9.